The SMILES string of the molecule is O=C(O)C(c1ccc(O)cc1)N1CCc2ccccc2C1. The van der Waals surface area contributed by atoms with Crippen LogP contribution < -0.4 is 0 Å². The number of rotatable bonds is 3. The first-order valence-corrected chi connectivity index (χ1v) is 6.98. The van der Waals surface area contributed by atoms with E-state index in [1.54, 1.807) is 12.1 Å². The molecule has 0 amide bonds. The van der Waals surface area contributed by atoms with Gasteiger partial charge in [0.15, 0.2) is 0 Å². The molecule has 1 aliphatic heterocycles. The summed E-state index contributed by atoms with van der Waals surface area (Å²) in [5.74, 6) is -0.716. The number of phenols is 1. The summed E-state index contributed by atoms with van der Waals surface area (Å²) in [7, 11) is 0. The molecule has 2 N–H and O–H groups in total. The standard InChI is InChI=1S/C17H17NO3/c19-15-7-5-13(6-8-15)16(17(20)21)18-10-9-12-3-1-2-4-14(12)11-18/h1-8,16,19H,9-11H2,(H,20,21). The van der Waals surface area contributed by atoms with Gasteiger partial charge in [-0.1, -0.05) is 36.4 Å². The zero-order valence-corrected chi connectivity index (χ0v) is 11.6. The van der Waals surface area contributed by atoms with Crippen molar-refractivity contribution in [2.75, 3.05) is 6.54 Å². The highest BCUT2D eigenvalue weighted by Gasteiger charge is 2.29. The highest BCUT2D eigenvalue weighted by molar-refractivity contribution is 5.75. The van der Waals surface area contributed by atoms with Gasteiger partial charge in [0.25, 0.3) is 0 Å². The van der Waals surface area contributed by atoms with Gasteiger partial charge in [-0.25, -0.2) is 0 Å². The van der Waals surface area contributed by atoms with Crippen molar-refractivity contribution < 1.29 is 15.0 Å². The van der Waals surface area contributed by atoms with Gasteiger partial charge in [-0.3, -0.25) is 9.69 Å². The molecule has 3 rings (SSSR count). The summed E-state index contributed by atoms with van der Waals surface area (Å²) in [6.45, 7) is 1.35. The van der Waals surface area contributed by atoms with E-state index in [2.05, 4.69) is 12.1 Å². The largest absolute Gasteiger partial charge is 0.508 e. The molecule has 1 unspecified atom stereocenters. The van der Waals surface area contributed by atoms with Gasteiger partial charge in [0.05, 0.1) is 0 Å². The van der Waals surface area contributed by atoms with Crippen LogP contribution in [0.1, 0.15) is 22.7 Å². The second-order valence-corrected chi connectivity index (χ2v) is 5.32. The maximum atomic E-state index is 11.7. The molecule has 1 aliphatic rings. The minimum atomic E-state index is -0.861. The molecule has 0 spiro atoms. The minimum Gasteiger partial charge on any atom is -0.508 e. The Hall–Kier alpha value is -2.33. The summed E-state index contributed by atoms with van der Waals surface area (Å²) in [5, 5.41) is 18.9. The van der Waals surface area contributed by atoms with E-state index in [-0.39, 0.29) is 5.75 Å². The molecule has 21 heavy (non-hydrogen) atoms. The molecule has 2 aromatic carbocycles. The zero-order chi connectivity index (χ0) is 14.8. The number of hydrogen-bond donors (Lipinski definition) is 2. The van der Waals surface area contributed by atoms with Gasteiger partial charge in [0, 0.05) is 13.1 Å². The van der Waals surface area contributed by atoms with E-state index in [9.17, 15) is 15.0 Å². The Labute approximate surface area is 123 Å². The number of fused-ring (bicyclic) bond motifs is 1. The van der Waals surface area contributed by atoms with Gasteiger partial charge in [-0.05, 0) is 35.2 Å². The second-order valence-electron chi connectivity index (χ2n) is 5.32. The Bertz CT molecular complexity index is 651. The van der Waals surface area contributed by atoms with Crippen LogP contribution >= 0.6 is 0 Å². The third-order valence-electron chi connectivity index (χ3n) is 3.97. The van der Waals surface area contributed by atoms with Crippen LogP contribution in [-0.2, 0) is 17.8 Å². The first kappa shape index (κ1) is 13.6. The molecule has 4 nitrogen and oxygen atoms in total. The van der Waals surface area contributed by atoms with Crippen LogP contribution in [0.3, 0.4) is 0 Å². The van der Waals surface area contributed by atoms with Crippen molar-refractivity contribution in [2.24, 2.45) is 0 Å². The van der Waals surface area contributed by atoms with Crippen molar-refractivity contribution in [3.8, 4) is 5.75 Å². The van der Waals surface area contributed by atoms with Crippen LogP contribution in [0.15, 0.2) is 48.5 Å². The predicted octanol–water partition coefficient (Wildman–Crippen LogP) is 2.58. The fourth-order valence-corrected chi connectivity index (χ4v) is 2.90. The normalized spacial score (nSPS) is 16.2. The van der Waals surface area contributed by atoms with Gasteiger partial charge >= 0.3 is 5.97 Å². The van der Waals surface area contributed by atoms with E-state index in [4.69, 9.17) is 0 Å². The summed E-state index contributed by atoms with van der Waals surface area (Å²) >= 11 is 0. The minimum absolute atomic E-state index is 0.145. The van der Waals surface area contributed by atoms with E-state index in [0.29, 0.717) is 12.1 Å². The fourth-order valence-electron chi connectivity index (χ4n) is 2.90. The lowest BCUT2D eigenvalue weighted by Gasteiger charge is -2.33. The lowest BCUT2D eigenvalue weighted by molar-refractivity contribution is -0.144. The molecular weight excluding hydrogens is 266 g/mol. The van der Waals surface area contributed by atoms with Crippen molar-refractivity contribution >= 4 is 5.97 Å². The average Bonchev–Trinajstić information content (AvgIpc) is 2.49. The van der Waals surface area contributed by atoms with Crippen LogP contribution in [0, 0.1) is 0 Å². The number of aliphatic carboxylic acids is 1. The Morgan fingerprint density at radius 1 is 1.05 bits per heavy atom. The summed E-state index contributed by atoms with van der Waals surface area (Å²) < 4.78 is 0. The fraction of sp³-hybridized carbons (Fsp3) is 0.235. The Morgan fingerprint density at radius 2 is 1.71 bits per heavy atom. The molecule has 0 fully saturated rings. The van der Waals surface area contributed by atoms with E-state index < -0.39 is 12.0 Å². The van der Waals surface area contributed by atoms with E-state index in [1.807, 2.05) is 17.0 Å². The molecule has 0 aromatic heterocycles. The molecule has 1 heterocycles. The number of carbonyl (C=O) groups is 1. The maximum Gasteiger partial charge on any atom is 0.325 e. The summed E-state index contributed by atoms with van der Waals surface area (Å²) in [5.41, 5.74) is 3.18. The Balaban J connectivity index is 1.89. The maximum absolute atomic E-state index is 11.7. The number of nitrogens with zero attached hydrogens (tertiary/aromatic N) is 1. The Kier molecular flexibility index (Phi) is 3.62. The summed E-state index contributed by atoms with van der Waals surface area (Å²) in [6, 6.07) is 13.9. The molecule has 1 atom stereocenters. The smallest absolute Gasteiger partial charge is 0.325 e. The lowest BCUT2D eigenvalue weighted by Crippen LogP contribution is -2.38. The van der Waals surface area contributed by atoms with Crippen molar-refractivity contribution in [2.45, 2.75) is 19.0 Å². The van der Waals surface area contributed by atoms with Crippen molar-refractivity contribution in [1.29, 1.82) is 0 Å². The van der Waals surface area contributed by atoms with Crippen LogP contribution in [0.4, 0.5) is 0 Å². The van der Waals surface area contributed by atoms with Crippen molar-refractivity contribution in [3.05, 3.63) is 65.2 Å². The third kappa shape index (κ3) is 2.76. The number of carboxylic acid groups (broad SMARTS) is 1. The third-order valence-corrected chi connectivity index (χ3v) is 3.97. The number of hydrogen-bond acceptors (Lipinski definition) is 3. The number of phenolic OH excluding ortho intramolecular Hbond substituents is 1. The van der Waals surface area contributed by atoms with Gasteiger partial charge in [0.2, 0.25) is 0 Å². The van der Waals surface area contributed by atoms with Crippen LogP contribution in [0.2, 0.25) is 0 Å². The summed E-state index contributed by atoms with van der Waals surface area (Å²) in [4.78, 5) is 13.7. The number of aromatic hydroxyl groups is 1. The van der Waals surface area contributed by atoms with E-state index in [0.717, 1.165) is 13.0 Å². The van der Waals surface area contributed by atoms with Gasteiger partial charge in [-0.15, -0.1) is 0 Å². The highest BCUT2D eigenvalue weighted by atomic mass is 16.4. The van der Waals surface area contributed by atoms with Gasteiger partial charge < -0.3 is 10.2 Å². The first-order valence-electron chi connectivity index (χ1n) is 6.98. The molecule has 4 heteroatoms. The molecular formula is C17H17NO3. The molecule has 0 aliphatic carbocycles. The number of benzene rings is 2. The topological polar surface area (TPSA) is 60.8 Å². The van der Waals surface area contributed by atoms with Crippen LogP contribution in [0.25, 0.3) is 0 Å². The molecule has 0 radical (unpaired) electrons. The van der Waals surface area contributed by atoms with E-state index in [1.165, 1.54) is 23.3 Å². The van der Waals surface area contributed by atoms with Crippen molar-refractivity contribution in [3.63, 3.8) is 0 Å². The molecule has 0 bridgehead atoms. The monoisotopic (exact) mass is 283 g/mol. The van der Waals surface area contributed by atoms with Crippen molar-refractivity contribution in [1.82, 2.24) is 4.90 Å². The van der Waals surface area contributed by atoms with Crippen LogP contribution in [0.5, 0.6) is 5.75 Å². The zero-order valence-electron chi connectivity index (χ0n) is 11.6. The van der Waals surface area contributed by atoms with Gasteiger partial charge in [0.1, 0.15) is 11.8 Å². The Morgan fingerprint density at radius 3 is 2.38 bits per heavy atom. The molecule has 108 valence electrons. The predicted molar refractivity (Wildman–Crippen MR) is 79.0 cm³/mol. The summed E-state index contributed by atoms with van der Waals surface area (Å²) in [6.07, 6.45) is 0.859. The molecule has 0 saturated heterocycles. The number of carboxylic acids is 1. The molecule has 0 saturated carbocycles. The van der Waals surface area contributed by atoms with Crippen LogP contribution in [-0.4, -0.2) is 27.6 Å². The molecule has 2 aromatic rings. The first-order chi connectivity index (χ1) is 10.1. The lowest BCUT2D eigenvalue weighted by atomic mass is 9.96. The van der Waals surface area contributed by atoms with E-state index >= 15 is 0 Å². The quantitative estimate of drug-likeness (QED) is 0.909. The highest BCUT2D eigenvalue weighted by Crippen LogP contribution is 2.28. The van der Waals surface area contributed by atoms with Gasteiger partial charge in [-0.2, -0.15) is 0 Å². The second kappa shape index (κ2) is 5.58. The average molecular weight is 283 g/mol.